The lowest BCUT2D eigenvalue weighted by Crippen LogP contribution is -2.25. The molecule has 1 fully saturated rings. The number of hydrogen-bond acceptors (Lipinski definition) is 4. The summed E-state index contributed by atoms with van der Waals surface area (Å²) < 4.78 is 0. The third-order valence-corrected chi connectivity index (χ3v) is 3.76. The van der Waals surface area contributed by atoms with Crippen LogP contribution in [0.1, 0.15) is 30.1 Å². The fourth-order valence-electron chi connectivity index (χ4n) is 2.29. The molecule has 0 aliphatic heterocycles. The Balaban J connectivity index is 1.74. The largest absolute Gasteiger partial charge is 0.313 e. The van der Waals surface area contributed by atoms with Crippen molar-refractivity contribution in [2.45, 2.75) is 31.2 Å². The van der Waals surface area contributed by atoms with Crippen LogP contribution in [0.3, 0.4) is 0 Å². The standard InChI is InChI=1S/C14H18ClN5/c1-20-18-14(17-19-20)8-11(9-16-13-5-6-13)10-3-2-4-12(15)7-10/h2-4,7,11,13,16H,5-6,8-9H2,1H3. The predicted molar refractivity (Wildman–Crippen MR) is 77.7 cm³/mol. The van der Waals surface area contributed by atoms with Gasteiger partial charge in [0.05, 0.1) is 7.05 Å². The molecule has 0 saturated heterocycles. The first kappa shape index (κ1) is 13.5. The molecule has 1 heterocycles. The molecule has 106 valence electrons. The maximum atomic E-state index is 6.10. The zero-order chi connectivity index (χ0) is 13.9. The highest BCUT2D eigenvalue weighted by Crippen LogP contribution is 2.24. The molecule has 0 bridgehead atoms. The molecule has 1 aliphatic carbocycles. The number of halogens is 1. The number of nitrogens with one attached hydrogen (secondary N) is 1. The lowest BCUT2D eigenvalue weighted by atomic mass is 9.95. The van der Waals surface area contributed by atoms with Crippen LogP contribution in [0.2, 0.25) is 5.02 Å². The lowest BCUT2D eigenvalue weighted by Gasteiger charge is -2.16. The molecule has 2 aromatic rings. The highest BCUT2D eigenvalue weighted by molar-refractivity contribution is 6.30. The Labute approximate surface area is 123 Å². The molecular weight excluding hydrogens is 274 g/mol. The molecule has 0 radical (unpaired) electrons. The topological polar surface area (TPSA) is 55.6 Å². The van der Waals surface area contributed by atoms with Crippen LogP contribution in [-0.4, -0.2) is 32.8 Å². The van der Waals surface area contributed by atoms with E-state index in [4.69, 9.17) is 11.6 Å². The van der Waals surface area contributed by atoms with Gasteiger partial charge in [-0.05, 0) is 35.8 Å². The van der Waals surface area contributed by atoms with Gasteiger partial charge in [-0.2, -0.15) is 4.80 Å². The summed E-state index contributed by atoms with van der Waals surface area (Å²) >= 11 is 6.10. The van der Waals surface area contributed by atoms with E-state index in [-0.39, 0.29) is 0 Å². The third kappa shape index (κ3) is 3.55. The number of benzene rings is 1. The average molecular weight is 292 g/mol. The molecule has 1 aromatic carbocycles. The van der Waals surface area contributed by atoms with E-state index in [9.17, 15) is 0 Å². The Morgan fingerprint density at radius 2 is 2.30 bits per heavy atom. The van der Waals surface area contributed by atoms with Crippen molar-refractivity contribution >= 4 is 11.6 Å². The van der Waals surface area contributed by atoms with Crippen molar-refractivity contribution in [1.29, 1.82) is 0 Å². The molecule has 1 aromatic heterocycles. The summed E-state index contributed by atoms with van der Waals surface area (Å²) in [5.74, 6) is 1.09. The van der Waals surface area contributed by atoms with E-state index in [0.717, 1.165) is 23.8 Å². The molecule has 1 N–H and O–H groups in total. The van der Waals surface area contributed by atoms with Crippen molar-refractivity contribution in [1.82, 2.24) is 25.5 Å². The van der Waals surface area contributed by atoms with Crippen LogP contribution in [0.25, 0.3) is 0 Å². The Kier molecular flexibility index (Phi) is 3.98. The number of tetrazole rings is 1. The van der Waals surface area contributed by atoms with E-state index in [1.807, 2.05) is 18.2 Å². The van der Waals surface area contributed by atoms with Crippen LogP contribution in [-0.2, 0) is 13.5 Å². The van der Waals surface area contributed by atoms with Crippen LogP contribution in [0, 0.1) is 0 Å². The molecule has 1 saturated carbocycles. The van der Waals surface area contributed by atoms with E-state index >= 15 is 0 Å². The van der Waals surface area contributed by atoms with Gasteiger partial charge in [-0.15, -0.1) is 10.2 Å². The minimum atomic E-state index is 0.318. The summed E-state index contributed by atoms with van der Waals surface area (Å²) in [6, 6.07) is 8.72. The van der Waals surface area contributed by atoms with Crippen molar-refractivity contribution in [3.63, 3.8) is 0 Å². The quantitative estimate of drug-likeness (QED) is 0.884. The Morgan fingerprint density at radius 3 is 2.95 bits per heavy atom. The van der Waals surface area contributed by atoms with Crippen LogP contribution in [0.15, 0.2) is 24.3 Å². The summed E-state index contributed by atoms with van der Waals surface area (Å²) in [5.41, 5.74) is 1.22. The van der Waals surface area contributed by atoms with Crippen molar-refractivity contribution in [3.05, 3.63) is 40.7 Å². The maximum Gasteiger partial charge on any atom is 0.175 e. The Bertz CT molecular complexity index is 578. The first-order chi connectivity index (χ1) is 9.70. The fourth-order valence-corrected chi connectivity index (χ4v) is 2.49. The number of aryl methyl sites for hydroxylation is 1. The molecule has 1 atom stereocenters. The first-order valence-electron chi connectivity index (χ1n) is 6.92. The second-order valence-corrected chi connectivity index (χ2v) is 5.77. The van der Waals surface area contributed by atoms with Gasteiger partial charge in [0.15, 0.2) is 5.82 Å². The van der Waals surface area contributed by atoms with Crippen molar-refractivity contribution < 1.29 is 0 Å². The summed E-state index contributed by atoms with van der Waals surface area (Å²) in [7, 11) is 1.79. The molecule has 5 nitrogen and oxygen atoms in total. The second kappa shape index (κ2) is 5.89. The first-order valence-corrected chi connectivity index (χ1v) is 7.30. The van der Waals surface area contributed by atoms with Gasteiger partial charge in [-0.1, -0.05) is 23.7 Å². The van der Waals surface area contributed by atoms with Gasteiger partial charge in [0.25, 0.3) is 0 Å². The minimum Gasteiger partial charge on any atom is -0.313 e. The van der Waals surface area contributed by atoms with Gasteiger partial charge < -0.3 is 5.32 Å². The van der Waals surface area contributed by atoms with Crippen LogP contribution >= 0.6 is 11.6 Å². The fraction of sp³-hybridized carbons (Fsp3) is 0.500. The smallest absolute Gasteiger partial charge is 0.175 e. The lowest BCUT2D eigenvalue weighted by molar-refractivity contribution is 0.563. The van der Waals surface area contributed by atoms with E-state index in [1.165, 1.54) is 23.2 Å². The molecule has 1 unspecified atom stereocenters. The molecule has 6 heteroatoms. The molecular formula is C14H18ClN5. The van der Waals surface area contributed by atoms with Gasteiger partial charge in [0.2, 0.25) is 0 Å². The average Bonchev–Trinajstić information content (AvgIpc) is 3.17. The number of nitrogens with zero attached hydrogens (tertiary/aromatic N) is 4. The maximum absolute atomic E-state index is 6.10. The van der Waals surface area contributed by atoms with E-state index in [2.05, 4.69) is 26.8 Å². The van der Waals surface area contributed by atoms with Crippen LogP contribution in [0.4, 0.5) is 0 Å². The van der Waals surface area contributed by atoms with E-state index < -0.39 is 0 Å². The van der Waals surface area contributed by atoms with Gasteiger partial charge in [-0.3, -0.25) is 0 Å². The Morgan fingerprint density at radius 1 is 1.45 bits per heavy atom. The number of hydrogen-bond donors (Lipinski definition) is 1. The predicted octanol–water partition coefficient (Wildman–Crippen LogP) is 1.94. The highest BCUT2D eigenvalue weighted by atomic mass is 35.5. The van der Waals surface area contributed by atoms with Crippen molar-refractivity contribution in [3.8, 4) is 0 Å². The highest BCUT2D eigenvalue weighted by Gasteiger charge is 2.23. The second-order valence-electron chi connectivity index (χ2n) is 5.33. The molecule has 1 aliphatic rings. The van der Waals surface area contributed by atoms with Crippen molar-refractivity contribution in [2.75, 3.05) is 6.54 Å². The van der Waals surface area contributed by atoms with Gasteiger partial charge in [0.1, 0.15) is 0 Å². The Hall–Kier alpha value is -1.46. The third-order valence-electron chi connectivity index (χ3n) is 3.53. The molecule has 0 spiro atoms. The summed E-state index contributed by atoms with van der Waals surface area (Å²) in [6.45, 7) is 0.920. The SMILES string of the molecule is Cn1nnc(CC(CNC2CC2)c2cccc(Cl)c2)n1. The van der Waals surface area contributed by atoms with E-state index in [1.54, 1.807) is 7.05 Å². The molecule has 3 rings (SSSR count). The number of aromatic nitrogens is 4. The normalized spacial score (nSPS) is 16.3. The van der Waals surface area contributed by atoms with Crippen LogP contribution in [0.5, 0.6) is 0 Å². The summed E-state index contributed by atoms with van der Waals surface area (Å²) in [5, 5.41) is 16.6. The van der Waals surface area contributed by atoms with Gasteiger partial charge in [-0.25, -0.2) is 0 Å². The van der Waals surface area contributed by atoms with Crippen molar-refractivity contribution in [2.24, 2.45) is 7.05 Å². The summed E-state index contributed by atoms with van der Waals surface area (Å²) in [4.78, 5) is 1.50. The van der Waals surface area contributed by atoms with Gasteiger partial charge >= 0.3 is 0 Å². The molecule has 20 heavy (non-hydrogen) atoms. The zero-order valence-electron chi connectivity index (χ0n) is 11.5. The van der Waals surface area contributed by atoms with Gasteiger partial charge in [0, 0.05) is 29.9 Å². The van der Waals surface area contributed by atoms with Crippen LogP contribution < -0.4 is 5.32 Å². The summed E-state index contributed by atoms with van der Waals surface area (Å²) in [6.07, 6.45) is 3.34. The van der Waals surface area contributed by atoms with E-state index in [0.29, 0.717) is 12.0 Å². The molecule has 0 amide bonds. The minimum absolute atomic E-state index is 0.318. The zero-order valence-corrected chi connectivity index (χ0v) is 12.2. The monoisotopic (exact) mass is 291 g/mol. The number of rotatable bonds is 6.